The topological polar surface area (TPSA) is 62.7 Å². The van der Waals surface area contributed by atoms with E-state index in [0.717, 1.165) is 62.0 Å². The highest BCUT2D eigenvalue weighted by molar-refractivity contribution is 7.89. The predicted octanol–water partition coefficient (Wildman–Crippen LogP) is 2.82. The van der Waals surface area contributed by atoms with E-state index in [1.54, 1.807) is 27.8 Å². The third-order valence-electron chi connectivity index (χ3n) is 4.88. The maximum absolute atomic E-state index is 12.7. The molecule has 4 rings (SSSR count). The molecule has 1 aromatic heterocycles. The first-order valence-electron chi connectivity index (χ1n) is 9.03. The van der Waals surface area contributed by atoms with Crippen LogP contribution in [0, 0.1) is 0 Å². The summed E-state index contributed by atoms with van der Waals surface area (Å²) in [5, 5.41) is 3.02. The second kappa shape index (κ2) is 7.64. The summed E-state index contributed by atoms with van der Waals surface area (Å²) >= 11 is 1.62. The lowest BCUT2D eigenvalue weighted by Crippen LogP contribution is -2.36. The van der Waals surface area contributed by atoms with E-state index in [1.807, 2.05) is 17.5 Å². The van der Waals surface area contributed by atoms with Gasteiger partial charge < -0.3 is 9.64 Å². The van der Waals surface area contributed by atoms with Crippen molar-refractivity contribution in [3.63, 3.8) is 0 Å². The van der Waals surface area contributed by atoms with Crippen molar-refractivity contribution in [2.75, 3.05) is 44.3 Å². The normalized spacial score (nSPS) is 19.6. The van der Waals surface area contributed by atoms with Crippen molar-refractivity contribution in [3.05, 3.63) is 29.6 Å². The zero-order valence-electron chi connectivity index (χ0n) is 14.6. The molecule has 0 aliphatic carbocycles. The molecule has 1 aromatic carbocycles. The lowest BCUT2D eigenvalue weighted by molar-refractivity contribution is 0.122. The summed E-state index contributed by atoms with van der Waals surface area (Å²) in [6.07, 6.45) is 3.00. The lowest BCUT2D eigenvalue weighted by atomic mass is 10.2. The average molecular weight is 394 g/mol. The van der Waals surface area contributed by atoms with Gasteiger partial charge in [0, 0.05) is 37.1 Å². The molecular formula is C18H23N3O3S2. The number of piperidine rings is 1. The van der Waals surface area contributed by atoms with Crippen LogP contribution < -0.4 is 4.90 Å². The van der Waals surface area contributed by atoms with Gasteiger partial charge in [0.15, 0.2) is 5.13 Å². The Balaban J connectivity index is 1.51. The number of thiazole rings is 1. The lowest BCUT2D eigenvalue weighted by Gasteiger charge is -2.26. The van der Waals surface area contributed by atoms with E-state index in [2.05, 4.69) is 4.90 Å². The van der Waals surface area contributed by atoms with Gasteiger partial charge >= 0.3 is 0 Å². The molecular weight excluding hydrogens is 370 g/mol. The number of ether oxygens (including phenoxy) is 1. The molecule has 6 nitrogen and oxygen atoms in total. The predicted molar refractivity (Wildman–Crippen MR) is 103 cm³/mol. The zero-order valence-corrected chi connectivity index (χ0v) is 16.3. The van der Waals surface area contributed by atoms with Crippen molar-refractivity contribution in [2.45, 2.75) is 24.2 Å². The van der Waals surface area contributed by atoms with Gasteiger partial charge in [0.2, 0.25) is 10.0 Å². The number of hydrogen-bond acceptors (Lipinski definition) is 6. The Morgan fingerprint density at radius 2 is 1.65 bits per heavy atom. The number of nitrogens with zero attached hydrogens (tertiary/aromatic N) is 3. The maximum atomic E-state index is 12.7. The van der Waals surface area contributed by atoms with Crippen LogP contribution >= 0.6 is 11.3 Å². The highest BCUT2D eigenvalue weighted by Crippen LogP contribution is 2.29. The third-order valence-corrected chi connectivity index (χ3v) is 7.69. The van der Waals surface area contributed by atoms with Crippen LogP contribution in [-0.2, 0) is 14.8 Å². The second-order valence-corrected chi connectivity index (χ2v) is 9.38. The Kier molecular flexibility index (Phi) is 5.26. The Morgan fingerprint density at radius 1 is 0.962 bits per heavy atom. The molecule has 140 valence electrons. The third kappa shape index (κ3) is 3.64. The minimum Gasteiger partial charge on any atom is -0.378 e. The molecule has 2 aliphatic heterocycles. The summed E-state index contributed by atoms with van der Waals surface area (Å²) in [6, 6.07) is 7.12. The minimum atomic E-state index is -3.38. The molecule has 0 spiro atoms. The van der Waals surface area contributed by atoms with Gasteiger partial charge in [0.25, 0.3) is 0 Å². The van der Waals surface area contributed by atoms with Gasteiger partial charge in [-0.15, -0.1) is 11.3 Å². The van der Waals surface area contributed by atoms with Gasteiger partial charge in [-0.3, -0.25) is 0 Å². The molecule has 0 saturated carbocycles. The second-order valence-electron chi connectivity index (χ2n) is 6.60. The van der Waals surface area contributed by atoms with E-state index in [0.29, 0.717) is 18.0 Å². The first-order valence-corrected chi connectivity index (χ1v) is 11.4. The van der Waals surface area contributed by atoms with Gasteiger partial charge in [-0.25, -0.2) is 13.4 Å². The number of sulfonamides is 1. The molecule has 2 saturated heterocycles. The Hall–Kier alpha value is -1.48. The van der Waals surface area contributed by atoms with Crippen LogP contribution in [-0.4, -0.2) is 57.1 Å². The van der Waals surface area contributed by atoms with Gasteiger partial charge in [-0.1, -0.05) is 18.6 Å². The van der Waals surface area contributed by atoms with Crippen LogP contribution in [0.1, 0.15) is 19.3 Å². The number of benzene rings is 1. The highest BCUT2D eigenvalue weighted by atomic mass is 32.2. The minimum absolute atomic E-state index is 0.367. The summed E-state index contributed by atoms with van der Waals surface area (Å²) in [5.41, 5.74) is 1.83. The fourth-order valence-electron chi connectivity index (χ4n) is 3.35. The van der Waals surface area contributed by atoms with Crippen molar-refractivity contribution >= 4 is 26.5 Å². The Bertz CT molecular complexity index is 837. The molecule has 0 bridgehead atoms. The summed E-state index contributed by atoms with van der Waals surface area (Å²) in [6.45, 7) is 4.44. The molecule has 26 heavy (non-hydrogen) atoms. The standard InChI is InChI=1S/C18H23N3O3S2/c22-26(23,21-8-2-1-3-9-21)16-6-4-15(5-7-16)17-14-25-18(19-17)20-10-12-24-13-11-20/h4-7,14H,1-3,8-13H2. The fraction of sp³-hybridized carbons (Fsp3) is 0.500. The van der Waals surface area contributed by atoms with Crippen molar-refractivity contribution < 1.29 is 13.2 Å². The van der Waals surface area contributed by atoms with Crippen LogP contribution in [0.15, 0.2) is 34.5 Å². The van der Waals surface area contributed by atoms with Crippen molar-refractivity contribution in [1.82, 2.24) is 9.29 Å². The largest absolute Gasteiger partial charge is 0.378 e. The van der Waals surface area contributed by atoms with E-state index in [-0.39, 0.29) is 0 Å². The first-order chi connectivity index (χ1) is 12.6. The van der Waals surface area contributed by atoms with Gasteiger partial charge in [-0.2, -0.15) is 4.31 Å². The molecule has 2 aliphatic rings. The van der Waals surface area contributed by atoms with E-state index >= 15 is 0 Å². The van der Waals surface area contributed by atoms with Gasteiger partial charge in [0.05, 0.1) is 23.8 Å². The molecule has 0 unspecified atom stereocenters. The van der Waals surface area contributed by atoms with Crippen molar-refractivity contribution in [3.8, 4) is 11.3 Å². The zero-order chi connectivity index (χ0) is 18.0. The molecule has 3 heterocycles. The molecule has 8 heteroatoms. The molecule has 0 radical (unpaired) electrons. The average Bonchev–Trinajstić information content (AvgIpc) is 3.20. The van der Waals surface area contributed by atoms with Crippen LogP contribution in [0.2, 0.25) is 0 Å². The first kappa shape index (κ1) is 17.9. The van der Waals surface area contributed by atoms with Gasteiger partial charge in [-0.05, 0) is 25.0 Å². The quantitative estimate of drug-likeness (QED) is 0.799. The molecule has 0 N–H and O–H groups in total. The molecule has 0 amide bonds. The summed E-state index contributed by atoms with van der Waals surface area (Å²) in [4.78, 5) is 7.31. The van der Waals surface area contributed by atoms with E-state index in [1.165, 1.54) is 0 Å². The van der Waals surface area contributed by atoms with Crippen LogP contribution in [0.5, 0.6) is 0 Å². The highest BCUT2D eigenvalue weighted by Gasteiger charge is 2.25. The van der Waals surface area contributed by atoms with Crippen LogP contribution in [0.25, 0.3) is 11.3 Å². The van der Waals surface area contributed by atoms with Crippen LogP contribution in [0.3, 0.4) is 0 Å². The monoisotopic (exact) mass is 393 g/mol. The SMILES string of the molecule is O=S(=O)(c1ccc(-c2csc(N3CCOCC3)n2)cc1)N1CCCCC1. The number of aromatic nitrogens is 1. The number of rotatable bonds is 4. The molecule has 2 fully saturated rings. The van der Waals surface area contributed by atoms with Crippen LogP contribution in [0.4, 0.5) is 5.13 Å². The van der Waals surface area contributed by atoms with Crippen molar-refractivity contribution in [2.24, 2.45) is 0 Å². The van der Waals surface area contributed by atoms with Crippen molar-refractivity contribution in [1.29, 1.82) is 0 Å². The maximum Gasteiger partial charge on any atom is 0.243 e. The van der Waals surface area contributed by atoms with E-state index in [9.17, 15) is 8.42 Å². The summed E-state index contributed by atoms with van der Waals surface area (Å²) < 4.78 is 32.5. The summed E-state index contributed by atoms with van der Waals surface area (Å²) in [5.74, 6) is 0. The Morgan fingerprint density at radius 3 is 2.35 bits per heavy atom. The summed E-state index contributed by atoms with van der Waals surface area (Å²) in [7, 11) is -3.38. The smallest absolute Gasteiger partial charge is 0.243 e. The van der Waals surface area contributed by atoms with Gasteiger partial charge in [0.1, 0.15) is 0 Å². The number of hydrogen-bond donors (Lipinski definition) is 0. The van der Waals surface area contributed by atoms with E-state index < -0.39 is 10.0 Å². The Labute approximate surface area is 158 Å². The molecule has 0 atom stereocenters. The fourth-order valence-corrected chi connectivity index (χ4v) is 5.75. The number of anilines is 1. The molecule has 2 aromatic rings. The number of morpholine rings is 1. The van der Waals surface area contributed by atoms with E-state index in [4.69, 9.17) is 9.72 Å².